The molecule has 6 heteroatoms. The van der Waals surface area contributed by atoms with Crippen LogP contribution in [0.1, 0.15) is 45.4 Å². The molecular formula is C16H20F2O4. The molecule has 0 aliphatic heterocycles. The van der Waals surface area contributed by atoms with E-state index >= 15 is 0 Å². The van der Waals surface area contributed by atoms with E-state index in [0.717, 1.165) is 31.4 Å². The first kappa shape index (κ1) is 18.1. The van der Waals surface area contributed by atoms with E-state index < -0.39 is 17.6 Å². The van der Waals surface area contributed by atoms with Gasteiger partial charge in [-0.3, -0.25) is 9.59 Å². The van der Waals surface area contributed by atoms with Crippen LogP contribution in [0.3, 0.4) is 0 Å². The standard InChI is InChI=1S/C16H20F2O4/c1-2-3-4-8-21-15(19)6-5-7-16(20)22-14-10-12(17)9-13(18)11-14/h9-11H,2-8H2,1H3. The first-order chi connectivity index (χ1) is 10.5. The van der Waals surface area contributed by atoms with E-state index in [9.17, 15) is 18.4 Å². The molecule has 22 heavy (non-hydrogen) atoms. The fraction of sp³-hybridized carbons (Fsp3) is 0.500. The highest BCUT2D eigenvalue weighted by molar-refractivity contribution is 5.74. The van der Waals surface area contributed by atoms with Gasteiger partial charge in [-0.15, -0.1) is 0 Å². The van der Waals surface area contributed by atoms with Crippen molar-refractivity contribution < 1.29 is 27.8 Å². The van der Waals surface area contributed by atoms with Crippen LogP contribution in [0.25, 0.3) is 0 Å². The minimum absolute atomic E-state index is 0.0256. The zero-order valence-electron chi connectivity index (χ0n) is 12.6. The summed E-state index contributed by atoms with van der Waals surface area (Å²) in [5.74, 6) is -2.84. The third-order valence-corrected chi connectivity index (χ3v) is 2.84. The maximum absolute atomic E-state index is 12.9. The molecule has 1 aromatic carbocycles. The number of esters is 2. The molecule has 0 saturated carbocycles. The van der Waals surface area contributed by atoms with Crippen molar-refractivity contribution in [2.45, 2.75) is 45.4 Å². The van der Waals surface area contributed by atoms with Crippen LogP contribution < -0.4 is 4.74 Å². The average molecular weight is 314 g/mol. The van der Waals surface area contributed by atoms with Crippen molar-refractivity contribution >= 4 is 11.9 Å². The third kappa shape index (κ3) is 7.71. The zero-order chi connectivity index (χ0) is 16.4. The summed E-state index contributed by atoms with van der Waals surface area (Å²) in [6.45, 7) is 2.44. The van der Waals surface area contributed by atoms with Gasteiger partial charge in [0.05, 0.1) is 6.61 Å². The summed E-state index contributed by atoms with van der Waals surface area (Å²) < 4.78 is 35.6. The number of unbranched alkanes of at least 4 members (excludes halogenated alkanes) is 2. The molecule has 0 unspecified atom stereocenters. The van der Waals surface area contributed by atoms with Gasteiger partial charge in [0.15, 0.2) is 0 Å². The Labute approximate surface area is 128 Å². The lowest BCUT2D eigenvalue weighted by Crippen LogP contribution is -2.10. The van der Waals surface area contributed by atoms with Crippen molar-refractivity contribution in [1.29, 1.82) is 0 Å². The summed E-state index contributed by atoms with van der Waals surface area (Å²) in [5.41, 5.74) is 0. The molecule has 0 saturated heterocycles. The predicted molar refractivity (Wildman–Crippen MR) is 76.3 cm³/mol. The van der Waals surface area contributed by atoms with Crippen molar-refractivity contribution in [3.05, 3.63) is 29.8 Å². The summed E-state index contributed by atoms with van der Waals surface area (Å²) in [5, 5.41) is 0. The van der Waals surface area contributed by atoms with E-state index in [1.807, 2.05) is 0 Å². The van der Waals surface area contributed by atoms with E-state index in [0.29, 0.717) is 12.7 Å². The highest BCUT2D eigenvalue weighted by Crippen LogP contribution is 2.16. The second-order valence-electron chi connectivity index (χ2n) is 4.86. The largest absolute Gasteiger partial charge is 0.466 e. The predicted octanol–water partition coefficient (Wildman–Crippen LogP) is 3.77. The number of hydrogen-bond acceptors (Lipinski definition) is 4. The van der Waals surface area contributed by atoms with Gasteiger partial charge in [0.1, 0.15) is 17.4 Å². The molecule has 0 amide bonds. The second-order valence-corrected chi connectivity index (χ2v) is 4.86. The Balaban J connectivity index is 2.21. The Morgan fingerprint density at radius 1 is 0.955 bits per heavy atom. The molecule has 0 radical (unpaired) electrons. The van der Waals surface area contributed by atoms with E-state index in [1.165, 1.54) is 0 Å². The fourth-order valence-electron chi connectivity index (χ4n) is 1.76. The smallest absolute Gasteiger partial charge is 0.311 e. The van der Waals surface area contributed by atoms with Gasteiger partial charge in [0, 0.05) is 31.0 Å². The van der Waals surface area contributed by atoms with Gasteiger partial charge >= 0.3 is 11.9 Å². The van der Waals surface area contributed by atoms with Gasteiger partial charge in [-0.25, -0.2) is 8.78 Å². The summed E-state index contributed by atoms with van der Waals surface area (Å²) >= 11 is 0. The normalized spacial score (nSPS) is 10.3. The van der Waals surface area contributed by atoms with Crippen molar-refractivity contribution in [3.8, 4) is 5.75 Å². The minimum Gasteiger partial charge on any atom is -0.466 e. The summed E-state index contributed by atoms with van der Waals surface area (Å²) in [7, 11) is 0. The first-order valence-corrected chi connectivity index (χ1v) is 7.33. The Kier molecular flexibility index (Phi) is 8.10. The summed E-state index contributed by atoms with van der Waals surface area (Å²) in [6, 6.07) is 2.53. The van der Waals surface area contributed by atoms with Crippen LogP contribution in [-0.2, 0) is 14.3 Å². The molecule has 0 aromatic heterocycles. The van der Waals surface area contributed by atoms with Gasteiger partial charge < -0.3 is 9.47 Å². The van der Waals surface area contributed by atoms with Crippen LogP contribution >= 0.6 is 0 Å². The molecule has 0 spiro atoms. The lowest BCUT2D eigenvalue weighted by atomic mass is 10.2. The SMILES string of the molecule is CCCCCOC(=O)CCCC(=O)Oc1cc(F)cc(F)c1. The summed E-state index contributed by atoms with van der Waals surface area (Å²) in [6.07, 6.45) is 3.23. The van der Waals surface area contributed by atoms with E-state index in [4.69, 9.17) is 9.47 Å². The van der Waals surface area contributed by atoms with E-state index in [-0.39, 0.29) is 31.0 Å². The molecule has 0 atom stereocenters. The molecule has 0 bridgehead atoms. The Bertz CT molecular complexity index is 483. The summed E-state index contributed by atoms with van der Waals surface area (Å²) in [4.78, 5) is 22.9. The number of benzene rings is 1. The van der Waals surface area contributed by atoms with E-state index in [2.05, 4.69) is 6.92 Å². The number of halogens is 2. The number of rotatable bonds is 9. The van der Waals surface area contributed by atoms with Crippen LogP contribution in [-0.4, -0.2) is 18.5 Å². The van der Waals surface area contributed by atoms with Crippen LogP contribution in [0.5, 0.6) is 5.75 Å². The van der Waals surface area contributed by atoms with Gasteiger partial charge in [-0.2, -0.15) is 0 Å². The van der Waals surface area contributed by atoms with Crippen LogP contribution in [0.4, 0.5) is 8.78 Å². The van der Waals surface area contributed by atoms with Gasteiger partial charge in [-0.05, 0) is 12.8 Å². The third-order valence-electron chi connectivity index (χ3n) is 2.84. The van der Waals surface area contributed by atoms with Gasteiger partial charge in [0.25, 0.3) is 0 Å². The molecule has 1 rings (SSSR count). The molecular weight excluding hydrogens is 294 g/mol. The topological polar surface area (TPSA) is 52.6 Å². The van der Waals surface area contributed by atoms with E-state index in [1.54, 1.807) is 0 Å². The molecule has 122 valence electrons. The minimum atomic E-state index is -0.821. The van der Waals surface area contributed by atoms with Crippen LogP contribution in [0.2, 0.25) is 0 Å². The lowest BCUT2D eigenvalue weighted by Gasteiger charge is -2.05. The maximum Gasteiger partial charge on any atom is 0.311 e. The number of carbonyl (C=O) groups is 2. The van der Waals surface area contributed by atoms with Gasteiger partial charge in [0.2, 0.25) is 0 Å². The van der Waals surface area contributed by atoms with Gasteiger partial charge in [-0.1, -0.05) is 19.8 Å². The van der Waals surface area contributed by atoms with Crippen molar-refractivity contribution in [1.82, 2.24) is 0 Å². The first-order valence-electron chi connectivity index (χ1n) is 7.33. The number of hydrogen-bond donors (Lipinski definition) is 0. The molecule has 1 aromatic rings. The lowest BCUT2D eigenvalue weighted by molar-refractivity contribution is -0.144. The second kappa shape index (κ2) is 9.87. The number of carbonyl (C=O) groups excluding carboxylic acids is 2. The maximum atomic E-state index is 12.9. The number of ether oxygens (including phenoxy) is 2. The Hall–Kier alpha value is -1.98. The zero-order valence-corrected chi connectivity index (χ0v) is 12.6. The van der Waals surface area contributed by atoms with Crippen molar-refractivity contribution in [3.63, 3.8) is 0 Å². The molecule has 0 aliphatic rings. The fourth-order valence-corrected chi connectivity index (χ4v) is 1.76. The molecule has 0 fully saturated rings. The quantitative estimate of drug-likeness (QED) is 0.395. The molecule has 0 heterocycles. The Morgan fingerprint density at radius 2 is 1.59 bits per heavy atom. The van der Waals surface area contributed by atoms with Crippen LogP contribution in [0, 0.1) is 11.6 Å². The molecule has 4 nitrogen and oxygen atoms in total. The van der Waals surface area contributed by atoms with Crippen molar-refractivity contribution in [2.24, 2.45) is 0 Å². The average Bonchev–Trinajstić information content (AvgIpc) is 2.42. The van der Waals surface area contributed by atoms with Crippen LogP contribution in [0.15, 0.2) is 18.2 Å². The van der Waals surface area contributed by atoms with Crippen molar-refractivity contribution in [2.75, 3.05) is 6.61 Å². The Morgan fingerprint density at radius 3 is 2.23 bits per heavy atom. The highest BCUT2D eigenvalue weighted by Gasteiger charge is 2.10. The molecule has 0 N–H and O–H groups in total. The molecule has 0 aliphatic carbocycles. The highest BCUT2D eigenvalue weighted by atomic mass is 19.1. The monoisotopic (exact) mass is 314 g/mol.